The number of amides is 2. The highest BCUT2D eigenvalue weighted by Gasteiger charge is 2.22. The lowest BCUT2D eigenvalue weighted by Crippen LogP contribution is -2.23. The maximum absolute atomic E-state index is 13.7. The molecule has 2 aliphatic rings. The molecular formula is C48H48BrF2N7O2. The van der Waals surface area contributed by atoms with Crippen LogP contribution in [-0.2, 0) is 0 Å². The monoisotopic (exact) mass is 871 g/mol. The zero-order valence-corrected chi connectivity index (χ0v) is 34.3. The SMILES string of the molecule is Brc1ccccn1.C.CC1=C(c2ccc(NC(=O)c3ccncc3F)cc2)CC(c2ccccn2)CC1.CC1=C(c2ccc(NC(=O)c3ccncc3F)cc2)CNCC1. The van der Waals surface area contributed by atoms with Crippen molar-refractivity contribution in [2.75, 3.05) is 23.7 Å². The Morgan fingerprint density at radius 3 is 1.67 bits per heavy atom. The zero-order valence-electron chi connectivity index (χ0n) is 32.8. The van der Waals surface area contributed by atoms with Crippen LogP contribution in [0.2, 0.25) is 0 Å². The van der Waals surface area contributed by atoms with Crippen molar-refractivity contribution in [1.82, 2.24) is 25.3 Å². The summed E-state index contributed by atoms with van der Waals surface area (Å²) in [6.07, 6.45) is 12.6. The number of carbonyl (C=O) groups is 2. The van der Waals surface area contributed by atoms with Gasteiger partial charge >= 0.3 is 0 Å². The van der Waals surface area contributed by atoms with E-state index in [1.165, 1.54) is 46.8 Å². The normalized spacial score (nSPS) is 14.7. The summed E-state index contributed by atoms with van der Waals surface area (Å²) in [6.45, 7) is 6.21. The van der Waals surface area contributed by atoms with Gasteiger partial charge in [0.2, 0.25) is 0 Å². The molecule has 8 rings (SSSR count). The molecule has 6 aromatic rings. The molecule has 1 atom stereocenters. The van der Waals surface area contributed by atoms with Gasteiger partial charge in [-0.3, -0.25) is 24.5 Å². The number of aromatic nitrogens is 4. The first-order valence-electron chi connectivity index (χ1n) is 19.2. The summed E-state index contributed by atoms with van der Waals surface area (Å²) in [7, 11) is 0. The quantitative estimate of drug-likeness (QED) is 0.137. The summed E-state index contributed by atoms with van der Waals surface area (Å²) in [6, 6.07) is 29.9. The molecule has 1 aliphatic carbocycles. The van der Waals surface area contributed by atoms with Gasteiger partial charge in [0, 0.05) is 54.3 Å². The van der Waals surface area contributed by atoms with Gasteiger partial charge in [-0.2, -0.15) is 0 Å². The summed E-state index contributed by atoms with van der Waals surface area (Å²) in [5, 5.41) is 8.81. The topological polar surface area (TPSA) is 122 Å². The van der Waals surface area contributed by atoms with Gasteiger partial charge in [0.15, 0.2) is 11.6 Å². The maximum atomic E-state index is 13.7. The van der Waals surface area contributed by atoms with E-state index in [2.05, 4.69) is 71.7 Å². The fourth-order valence-electron chi connectivity index (χ4n) is 6.80. The Kier molecular flexibility index (Phi) is 16.6. The van der Waals surface area contributed by atoms with Crippen molar-refractivity contribution in [1.29, 1.82) is 0 Å². The average molecular weight is 873 g/mol. The average Bonchev–Trinajstić information content (AvgIpc) is 3.26. The van der Waals surface area contributed by atoms with E-state index in [1.54, 1.807) is 6.20 Å². The molecule has 12 heteroatoms. The molecule has 4 aromatic heterocycles. The van der Waals surface area contributed by atoms with Crippen molar-refractivity contribution in [3.63, 3.8) is 0 Å². The number of nitrogens with zero attached hydrogens (tertiary/aromatic N) is 4. The Morgan fingerprint density at radius 2 is 1.20 bits per heavy atom. The van der Waals surface area contributed by atoms with Crippen LogP contribution < -0.4 is 16.0 Å². The summed E-state index contributed by atoms with van der Waals surface area (Å²) in [5.41, 5.74) is 10.1. The molecule has 9 nitrogen and oxygen atoms in total. The molecule has 0 radical (unpaired) electrons. The number of benzene rings is 2. The molecule has 0 bridgehead atoms. The van der Waals surface area contributed by atoms with Gasteiger partial charge in [0.25, 0.3) is 11.8 Å². The summed E-state index contributed by atoms with van der Waals surface area (Å²) in [5.74, 6) is -1.81. The third-order valence-electron chi connectivity index (χ3n) is 10.1. The van der Waals surface area contributed by atoms with Crippen LogP contribution in [0.25, 0.3) is 11.1 Å². The number of hydrogen-bond acceptors (Lipinski definition) is 7. The minimum absolute atomic E-state index is 0. The van der Waals surface area contributed by atoms with E-state index in [0.717, 1.165) is 72.6 Å². The third-order valence-corrected chi connectivity index (χ3v) is 10.5. The number of nitrogens with one attached hydrogen (secondary N) is 3. The Morgan fingerprint density at radius 1 is 0.667 bits per heavy atom. The maximum Gasteiger partial charge on any atom is 0.258 e. The van der Waals surface area contributed by atoms with Crippen LogP contribution in [0.1, 0.15) is 90.4 Å². The molecule has 2 aromatic carbocycles. The first kappa shape index (κ1) is 44.9. The molecular weight excluding hydrogens is 824 g/mol. The van der Waals surface area contributed by atoms with Gasteiger partial charge in [0.05, 0.1) is 23.5 Å². The Balaban J connectivity index is 0.000000196. The van der Waals surface area contributed by atoms with Crippen LogP contribution >= 0.6 is 15.9 Å². The summed E-state index contributed by atoms with van der Waals surface area (Å²) in [4.78, 5) is 40.1. The second kappa shape index (κ2) is 22.2. The molecule has 2 amide bonds. The van der Waals surface area contributed by atoms with E-state index in [-0.39, 0.29) is 18.6 Å². The van der Waals surface area contributed by atoms with Crippen LogP contribution in [0.5, 0.6) is 0 Å². The number of rotatable bonds is 7. The van der Waals surface area contributed by atoms with Gasteiger partial charge in [-0.15, -0.1) is 0 Å². The van der Waals surface area contributed by atoms with Crippen LogP contribution in [0.3, 0.4) is 0 Å². The molecule has 0 saturated carbocycles. The zero-order chi connectivity index (χ0) is 41.6. The minimum atomic E-state index is -0.634. The number of carbonyl (C=O) groups excluding carboxylic acids is 2. The number of halogens is 3. The fourth-order valence-corrected chi connectivity index (χ4v) is 7.08. The molecule has 60 heavy (non-hydrogen) atoms. The van der Waals surface area contributed by atoms with E-state index >= 15 is 0 Å². The Hall–Kier alpha value is -6.24. The van der Waals surface area contributed by atoms with Crippen molar-refractivity contribution in [2.45, 2.75) is 52.9 Å². The van der Waals surface area contributed by atoms with Crippen LogP contribution in [-0.4, -0.2) is 44.8 Å². The highest BCUT2D eigenvalue weighted by molar-refractivity contribution is 9.10. The first-order chi connectivity index (χ1) is 28.7. The van der Waals surface area contributed by atoms with Gasteiger partial charge in [-0.05, 0) is 145 Å². The van der Waals surface area contributed by atoms with Crippen LogP contribution in [0.4, 0.5) is 20.2 Å². The molecule has 308 valence electrons. The predicted molar refractivity (Wildman–Crippen MR) is 239 cm³/mol. The predicted octanol–water partition coefficient (Wildman–Crippen LogP) is 11.3. The van der Waals surface area contributed by atoms with E-state index in [4.69, 9.17) is 0 Å². The molecule has 5 heterocycles. The molecule has 0 saturated heterocycles. The van der Waals surface area contributed by atoms with Crippen molar-refractivity contribution in [3.05, 3.63) is 190 Å². The van der Waals surface area contributed by atoms with E-state index < -0.39 is 23.4 Å². The highest BCUT2D eigenvalue weighted by atomic mass is 79.9. The van der Waals surface area contributed by atoms with Crippen molar-refractivity contribution in [3.8, 4) is 0 Å². The smallest absolute Gasteiger partial charge is 0.258 e. The molecule has 1 aliphatic heterocycles. The lowest BCUT2D eigenvalue weighted by Gasteiger charge is -2.26. The van der Waals surface area contributed by atoms with Gasteiger partial charge in [-0.25, -0.2) is 13.8 Å². The second-order valence-corrected chi connectivity index (χ2v) is 14.9. The lowest BCUT2D eigenvalue weighted by atomic mass is 9.80. The van der Waals surface area contributed by atoms with E-state index in [9.17, 15) is 18.4 Å². The van der Waals surface area contributed by atoms with Gasteiger partial charge in [-0.1, -0.05) is 55.0 Å². The standard InChI is InChI=1S/C24H22FN3O.C18H18FN3O.C5H4BrN.CH4/c1-16-5-6-18(23-4-2-3-12-27-23)14-21(16)17-7-9-19(10-8-17)28-24(29)20-11-13-26-15-22(20)25;1-12-6-8-20-10-16(12)13-2-4-14(5-3-13)22-18(23)15-7-9-21-11-17(15)19;6-5-3-1-2-4-7-5;/h2-4,7-13,15,18H,5-6,14H2,1H3,(H,28,29);2-5,7,9,11,20H,6,8,10H2,1H3,(H,22,23);1-4H;1H4. The number of allylic oxidation sites excluding steroid dienone is 2. The van der Waals surface area contributed by atoms with Crippen LogP contribution in [0.15, 0.2) is 150 Å². The van der Waals surface area contributed by atoms with Crippen molar-refractivity contribution < 1.29 is 18.4 Å². The number of anilines is 2. The summed E-state index contributed by atoms with van der Waals surface area (Å²) < 4.78 is 28.2. The molecule has 1 unspecified atom stereocenters. The lowest BCUT2D eigenvalue weighted by molar-refractivity contribution is 0.101. The Labute approximate surface area is 358 Å². The first-order valence-corrected chi connectivity index (χ1v) is 20.0. The Bertz CT molecular complexity index is 2410. The van der Waals surface area contributed by atoms with E-state index in [1.807, 2.05) is 85.1 Å². The minimum Gasteiger partial charge on any atom is -0.322 e. The highest BCUT2D eigenvalue weighted by Crippen LogP contribution is 2.40. The van der Waals surface area contributed by atoms with Gasteiger partial charge < -0.3 is 16.0 Å². The van der Waals surface area contributed by atoms with Crippen LogP contribution in [0, 0.1) is 11.6 Å². The van der Waals surface area contributed by atoms with Crippen molar-refractivity contribution in [2.24, 2.45) is 0 Å². The molecule has 0 fully saturated rings. The van der Waals surface area contributed by atoms with Gasteiger partial charge in [0.1, 0.15) is 4.60 Å². The second-order valence-electron chi connectivity index (χ2n) is 14.1. The molecule has 0 spiro atoms. The van der Waals surface area contributed by atoms with E-state index in [0.29, 0.717) is 17.3 Å². The fraction of sp³-hybridized carbons (Fsp3) is 0.208. The summed E-state index contributed by atoms with van der Waals surface area (Å²) >= 11 is 3.20. The third kappa shape index (κ3) is 12.4. The molecule has 3 N–H and O–H groups in total. The van der Waals surface area contributed by atoms with Crippen molar-refractivity contribution >= 4 is 50.3 Å². The number of hydrogen-bond donors (Lipinski definition) is 3. The number of pyridine rings is 4. The largest absolute Gasteiger partial charge is 0.322 e.